The average Bonchev–Trinajstić information content (AvgIpc) is 3.49. The number of rotatable bonds is 2. The fourth-order valence-electron chi connectivity index (χ4n) is 6.03. The summed E-state index contributed by atoms with van der Waals surface area (Å²) in [6.45, 7) is 0. The van der Waals surface area contributed by atoms with Crippen LogP contribution in [0.15, 0.2) is 21.0 Å². The standard InChI is InChI=1S/2C9H10ClNO3S/c2*10-4-11-9(12)7-5-1-2-6(3-5)8(7)15(11,13)14/h2*5-6H,1-4H2. The van der Waals surface area contributed by atoms with Crippen molar-refractivity contribution in [3.8, 4) is 0 Å². The molecule has 0 N–H and O–H groups in total. The van der Waals surface area contributed by atoms with Crippen molar-refractivity contribution in [1.82, 2.24) is 8.61 Å². The molecule has 4 bridgehead atoms. The number of amides is 2. The van der Waals surface area contributed by atoms with E-state index in [0.717, 1.165) is 47.1 Å². The lowest BCUT2D eigenvalue weighted by atomic mass is 9.98. The van der Waals surface area contributed by atoms with E-state index in [1.54, 1.807) is 0 Å². The van der Waals surface area contributed by atoms with Crippen molar-refractivity contribution in [3.63, 3.8) is 0 Å². The molecule has 6 rings (SSSR count). The van der Waals surface area contributed by atoms with Gasteiger partial charge in [-0.3, -0.25) is 9.59 Å². The summed E-state index contributed by atoms with van der Waals surface area (Å²) in [7, 11) is -7.13. The summed E-state index contributed by atoms with van der Waals surface area (Å²) in [6.07, 6.45) is 5.36. The van der Waals surface area contributed by atoms with E-state index in [9.17, 15) is 26.4 Å². The van der Waals surface area contributed by atoms with Gasteiger partial charge in [0.25, 0.3) is 31.9 Å². The number of alkyl halides is 2. The van der Waals surface area contributed by atoms with Gasteiger partial charge in [-0.15, -0.1) is 23.2 Å². The Morgan fingerprint density at radius 2 is 1.00 bits per heavy atom. The fourth-order valence-corrected chi connectivity index (χ4v) is 10.7. The van der Waals surface area contributed by atoms with E-state index in [-0.39, 0.29) is 47.5 Å². The normalized spacial score (nSPS) is 36.6. The lowest BCUT2D eigenvalue weighted by molar-refractivity contribution is -0.123. The second-order valence-corrected chi connectivity index (χ2v) is 12.7. The quantitative estimate of drug-likeness (QED) is 0.429. The van der Waals surface area contributed by atoms with Crippen LogP contribution in [0.4, 0.5) is 0 Å². The molecule has 4 atom stereocenters. The Labute approximate surface area is 185 Å². The molecule has 6 aliphatic rings. The first-order chi connectivity index (χ1) is 14.1. The van der Waals surface area contributed by atoms with Gasteiger partial charge in [-0.1, -0.05) is 0 Å². The molecule has 2 fully saturated rings. The highest BCUT2D eigenvalue weighted by atomic mass is 35.5. The number of fused-ring (bicyclic) bond motifs is 8. The van der Waals surface area contributed by atoms with E-state index in [1.807, 2.05) is 0 Å². The van der Waals surface area contributed by atoms with Gasteiger partial charge < -0.3 is 0 Å². The monoisotopic (exact) mass is 494 g/mol. The molecule has 2 saturated carbocycles. The molecule has 0 aromatic rings. The van der Waals surface area contributed by atoms with Crippen molar-refractivity contribution in [2.24, 2.45) is 23.7 Å². The minimum Gasteiger partial charge on any atom is -0.268 e. The van der Waals surface area contributed by atoms with Gasteiger partial charge in [0.05, 0.1) is 9.81 Å². The maximum Gasteiger partial charge on any atom is 0.266 e. The van der Waals surface area contributed by atoms with Crippen LogP contribution in [0.25, 0.3) is 0 Å². The molecule has 0 spiro atoms. The Morgan fingerprint density at radius 1 is 0.667 bits per heavy atom. The van der Waals surface area contributed by atoms with Crippen molar-refractivity contribution in [3.05, 3.63) is 21.0 Å². The summed E-state index contributed by atoms with van der Waals surface area (Å²) in [6, 6.07) is -0.540. The molecule has 4 aliphatic carbocycles. The minimum atomic E-state index is -3.56. The molecular formula is C18H20Cl2N2O6S2. The lowest BCUT2D eigenvalue weighted by Gasteiger charge is -2.15. The molecule has 0 aromatic carbocycles. The minimum absolute atomic E-state index is 0.0761. The second kappa shape index (κ2) is 6.70. The molecule has 2 heterocycles. The van der Waals surface area contributed by atoms with Crippen molar-refractivity contribution >= 4 is 55.1 Å². The highest BCUT2D eigenvalue weighted by molar-refractivity contribution is 7.94. The van der Waals surface area contributed by atoms with Crippen molar-refractivity contribution in [2.75, 3.05) is 12.0 Å². The number of halogens is 2. The Kier molecular flexibility index (Phi) is 4.64. The number of allylic oxidation sites excluding steroid dienone is 2. The number of carbonyl (C=O) groups is 2. The largest absolute Gasteiger partial charge is 0.268 e. The average molecular weight is 495 g/mol. The van der Waals surface area contributed by atoms with E-state index < -0.39 is 20.0 Å². The highest BCUT2D eigenvalue weighted by Gasteiger charge is 2.56. The number of hydrogen-bond donors (Lipinski definition) is 0. The zero-order valence-electron chi connectivity index (χ0n) is 15.9. The molecule has 8 nitrogen and oxygen atoms in total. The molecule has 12 heteroatoms. The van der Waals surface area contributed by atoms with Gasteiger partial charge in [0.15, 0.2) is 0 Å². The molecule has 164 valence electrons. The second-order valence-electron chi connectivity index (χ2n) is 8.53. The van der Waals surface area contributed by atoms with Gasteiger partial charge in [-0.25, -0.2) is 25.4 Å². The highest BCUT2D eigenvalue weighted by Crippen LogP contribution is 2.55. The van der Waals surface area contributed by atoms with Gasteiger partial charge in [-0.05, 0) is 62.2 Å². The van der Waals surface area contributed by atoms with Gasteiger partial charge in [-0.2, -0.15) is 0 Å². The third-order valence-corrected chi connectivity index (χ3v) is 12.0. The smallest absolute Gasteiger partial charge is 0.266 e. The molecule has 4 unspecified atom stereocenters. The maximum atomic E-state index is 12.0. The molecule has 0 saturated heterocycles. The molecule has 0 radical (unpaired) electrons. The summed E-state index contributed by atoms with van der Waals surface area (Å²) in [4.78, 5) is 24.4. The summed E-state index contributed by atoms with van der Waals surface area (Å²) < 4.78 is 49.5. The Hall–Kier alpha value is -1.10. The maximum absolute atomic E-state index is 12.0. The van der Waals surface area contributed by atoms with E-state index in [1.165, 1.54) is 0 Å². The third-order valence-electron chi connectivity index (χ3n) is 7.22. The van der Waals surface area contributed by atoms with Crippen LogP contribution in [0, 0.1) is 23.7 Å². The molecule has 2 amide bonds. The SMILES string of the molecule is O=C1C2=C(C3CCC2C3)S(=O)(=O)N1CCl.O=C1C2=C(C3CCC2C3)S(=O)(=O)N1CCl. The predicted molar refractivity (Wildman–Crippen MR) is 109 cm³/mol. The van der Waals surface area contributed by atoms with E-state index in [4.69, 9.17) is 23.2 Å². The van der Waals surface area contributed by atoms with Gasteiger partial charge in [0.2, 0.25) is 0 Å². The van der Waals surface area contributed by atoms with E-state index >= 15 is 0 Å². The molecular weight excluding hydrogens is 475 g/mol. The van der Waals surface area contributed by atoms with Crippen LogP contribution >= 0.6 is 23.2 Å². The zero-order chi connectivity index (χ0) is 21.6. The topological polar surface area (TPSA) is 109 Å². The first kappa shape index (κ1) is 20.8. The first-order valence-corrected chi connectivity index (χ1v) is 13.8. The van der Waals surface area contributed by atoms with Crippen molar-refractivity contribution < 1.29 is 26.4 Å². The molecule has 30 heavy (non-hydrogen) atoms. The number of hydrogen-bond acceptors (Lipinski definition) is 6. The van der Waals surface area contributed by atoms with E-state index in [2.05, 4.69) is 0 Å². The molecule has 2 aliphatic heterocycles. The van der Waals surface area contributed by atoms with Gasteiger partial charge >= 0.3 is 0 Å². The van der Waals surface area contributed by atoms with Crippen LogP contribution < -0.4 is 0 Å². The van der Waals surface area contributed by atoms with Crippen molar-refractivity contribution in [2.45, 2.75) is 38.5 Å². The Bertz CT molecular complexity index is 1050. The number of carbonyl (C=O) groups excluding carboxylic acids is 2. The Balaban J connectivity index is 0.000000128. The van der Waals surface area contributed by atoms with E-state index in [0.29, 0.717) is 21.0 Å². The van der Waals surface area contributed by atoms with Crippen LogP contribution in [0.2, 0.25) is 0 Å². The van der Waals surface area contributed by atoms with Crippen LogP contribution in [0.5, 0.6) is 0 Å². The Morgan fingerprint density at radius 3 is 1.30 bits per heavy atom. The van der Waals surface area contributed by atoms with Crippen LogP contribution in [0.3, 0.4) is 0 Å². The molecule has 0 aromatic heterocycles. The third kappa shape index (κ3) is 2.50. The predicted octanol–water partition coefficient (Wildman–Crippen LogP) is 2.08. The van der Waals surface area contributed by atoms with Gasteiger partial charge in [0, 0.05) is 11.1 Å². The van der Waals surface area contributed by atoms with Crippen LogP contribution in [0.1, 0.15) is 38.5 Å². The fraction of sp³-hybridized carbons (Fsp3) is 0.667. The summed E-state index contributed by atoms with van der Waals surface area (Å²) in [5.74, 6) is -0.278. The van der Waals surface area contributed by atoms with Crippen molar-refractivity contribution in [1.29, 1.82) is 0 Å². The van der Waals surface area contributed by atoms with Crippen LogP contribution in [-0.4, -0.2) is 49.3 Å². The number of nitrogens with zero attached hydrogens (tertiary/aromatic N) is 2. The van der Waals surface area contributed by atoms with Gasteiger partial charge in [0.1, 0.15) is 12.0 Å². The zero-order valence-corrected chi connectivity index (χ0v) is 19.0. The first-order valence-electron chi connectivity index (χ1n) is 9.88. The summed E-state index contributed by atoms with van der Waals surface area (Å²) in [5, 5.41) is 0. The summed E-state index contributed by atoms with van der Waals surface area (Å²) >= 11 is 11.0. The number of sulfonamides is 2. The van der Waals surface area contributed by atoms with Crippen LogP contribution in [-0.2, 0) is 29.6 Å². The lowest BCUT2D eigenvalue weighted by Crippen LogP contribution is -2.32. The summed E-state index contributed by atoms with van der Waals surface area (Å²) in [5.41, 5.74) is 1.07.